The number of hydrogen-bond acceptors (Lipinski definition) is 3. The summed E-state index contributed by atoms with van der Waals surface area (Å²) in [6.07, 6.45) is 0. The van der Waals surface area contributed by atoms with Crippen molar-refractivity contribution in [2.45, 2.75) is 11.8 Å². The van der Waals surface area contributed by atoms with Crippen LogP contribution in [0.15, 0.2) is 30.3 Å². The zero-order valence-corrected chi connectivity index (χ0v) is 9.86. The molecule has 1 aromatic carbocycles. The average molecular weight is 237 g/mol. The molecule has 2 unspecified atom stereocenters. The molecule has 0 saturated carbocycles. The van der Waals surface area contributed by atoms with Gasteiger partial charge in [0.05, 0.1) is 11.0 Å². The van der Waals surface area contributed by atoms with Crippen LogP contribution in [0.2, 0.25) is 0 Å². The molecule has 16 heavy (non-hydrogen) atoms. The molecule has 0 spiro atoms. The summed E-state index contributed by atoms with van der Waals surface area (Å²) in [6, 6.07) is 10.2. The van der Waals surface area contributed by atoms with E-state index >= 15 is 0 Å². The zero-order chi connectivity index (χ0) is 11.2. The van der Waals surface area contributed by atoms with Gasteiger partial charge in [0.25, 0.3) is 0 Å². The Hall–Kier alpha value is -0.870. The summed E-state index contributed by atoms with van der Waals surface area (Å²) in [5.41, 5.74) is 1.26. The van der Waals surface area contributed by atoms with Gasteiger partial charge in [0.2, 0.25) is 0 Å². The van der Waals surface area contributed by atoms with E-state index in [0.29, 0.717) is 11.7 Å². The van der Waals surface area contributed by atoms with E-state index in [-0.39, 0.29) is 5.25 Å². The van der Waals surface area contributed by atoms with Crippen LogP contribution in [0.4, 0.5) is 0 Å². The maximum absolute atomic E-state index is 11.5. The van der Waals surface area contributed by atoms with Crippen LogP contribution < -0.4 is 0 Å². The molecule has 2 heterocycles. The molecule has 3 nitrogen and oxygen atoms in total. The van der Waals surface area contributed by atoms with E-state index in [0.717, 1.165) is 19.6 Å². The molecule has 0 amide bonds. The number of nitrogens with zero attached hydrogens (tertiary/aromatic N) is 1. The lowest BCUT2D eigenvalue weighted by molar-refractivity contribution is 0.322. The van der Waals surface area contributed by atoms with Crippen molar-refractivity contribution in [1.29, 1.82) is 0 Å². The van der Waals surface area contributed by atoms with E-state index in [2.05, 4.69) is 17.0 Å². The Labute approximate surface area is 96.0 Å². The Morgan fingerprint density at radius 3 is 2.56 bits per heavy atom. The van der Waals surface area contributed by atoms with E-state index in [4.69, 9.17) is 0 Å². The smallest absolute Gasteiger partial charge is 0.155 e. The fraction of sp³-hybridized carbons (Fsp3) is 0.500. The number of likely N-dealkylation sites (tertiary alicyclic amines) is 1. The van der Waals surface area contributed by atoms with Crippen molar-refractivity contribution < 1.29 is 8.42 Å². The highest BCUT2D eigenvalue weighted by Gasteiger charge is 2.51. The fourth-order valence-corrected chi connectivity index (χ4v) is 4.79. The van der Waals surface area contributed by atoms with Crippen molar-refractivity contribution in [3.05, 3.63) is 35.9 Å². The first-order chi connectivity index (χ1) is 7.65. The number of rotatable bonds is 2. The number of fused-ring (bicyclic) bond motifs is 1. The van der Waals surface area contributed by atoms with Gasteiger partial charge in [0.1, 0.15) is 0 Å². The lowest BCUT2D eigenvalue weighted by atomic mass is 10.1. The Bertz CT molecular complexity index is 483. The third-order valence-corrected chi connectivity index (χ3v) is 5.96. The lowest BCUT2D eigenvalue weighted by Crippen LogP contribution is -2.45. The van der Waals surface area contributed by atoms with Crippen LogP contribution in [0, 0.1) is 5.92 Å². The highest BCUT2D eigenvalue weighted by atomic mass is 32.2. The van der Waals surface area contributed by atoms with Gasteiger partial charge in [0.15, 0.2) is 9.84 Å². The van der Waals surface area contributed by atoms with Gasteiger partial charge in [-0.1, -0.05) is 30.3 Å². The van der Waals surface area contributed by atoms with E-state index in [9.17, 15) is 8.42 Å². The second kappa shape index (κ2) is 3.57. The number of sulfone groups is 1. The van der Waals surface area contributed by atoms with Gasteiger partial charge >= 0.3 is 0 Å². The molecule has 0 radical (unpaired) electrons. The summed E-state index contributed by atoms with van der Waals surface area (Å²) >= 11 is 0. The summed E-state index contributed by atoms with van der Waals surface area (Å²) < 4.78 is 22.9. The molecule has 3 rings (SSSR count). The van der Waals surface area contributed by atoms with Gasteiger partial charge in [-0.05, 0) is 5.56 Å². The predicted octanol–water partition coefficient (Wildman–Crippen LogP) is 0.915. The summed E-state index contributed by atoms with van der Waals surface area (Å²) in [7, 11) is -2.73. The van der Waals surface area contributed by atoms with Crippen LogP contribution in [0.5, 0.6) is 0 Å². The van der Waals surface area contributed by atoms with Crippen molar-refractivity contribution in [2.24, 2.45) is 5.92 Å². The molecule has 2 aliphatic heterocycles. The first kappa shape index (κ1) is 10.3. The van der Waals surface area contributed by atoms with Crippen molar-refractivity contribution in [3.63, 3.8) is 0 Å². The molecule has 0 bridgehead atoms. The minimum absolute atomic E-state index is 0.0730. The van der Waals surface area contributed by atoms with Crippen LogP contribution in [-0.2, 0) is 16.4 Å². The van der Waals surface area contributed by atoms with Gasteiger partial charge in [-0.3, -0.25) is 4.90 Å². The maximum Gasteiger partial charge on any atom is 0.155 e. The molecular weight excluding hydrogens is 222 g/mol. The third kappa shape index (κ3) is 1.66. The molecule has 2 atom stereocenters. The Morgan fingerprint density at radius 2 is 1.94 bits per heavy atom. The van der Waals surface area contributed by atoms with E-state index in [1.165, 1.54) is 5.56 Å². The Kier molecular flexibility index (Phi) is 2.30. The number of benzene rings is 1. The second-order valence-electron chi connectivity index (χ2n) is 4.81. The van der Waals surface area contributed by atoms with Gasteiger partial charge in [-0.15, -0.1) is 0 Å². The molecule has 4 heteroatoms. The lowest BCUT2D eigenvalue weighted by Gasteiger charge is -2.28. The summed E-state index contributed by atoms with van der Waals surface area (Å²) in [5.74, 6) is 0.803. The molecule has 0 N–H and O–H groups in total. The van der Waals surface area contributed by atoms with Gasteiger partial charge in [-0.25, -0.2) is 8.42 Å². The van der Waals surface area contributed by atoms with Crippen LogP contribution in [-0.4, -0.2) is 37.4 Å². The molecule has 86 valence electrons. The number of hydrogen-bond donors (Lipinski definition) is 0. The van der Waals surface area contributed by atoms with E-state index in [1.54, 1.807) is 0 Å². The average Bonchev–Trinajstić information content (AvgIpc) is 2.59. The first-order valence-electron chi connectivity index (χ1n) is 5.63. The standard InChI is InChI=1S/C12H15NO2S/c14-16(15)9-11-7-13(8-12(11)16)6-10-4-2-1-3-5-10/h1-5,11-12H,6-9H2. The van der Waals surface area contributed by atoms with Crippen molar-refractivity contribution in [2.75, 3.05) is 18.8 Å². The zero-order valence-electron chi connectivity index (χ0n) is 9.04. The highest BCUT2D eigenvalue weighted by Crippen LogP contribution is 2.35. The van der Waals surface area contributed by atoms with Crippen molar-refractivity contribution in [3.8, 4) is 0 Å². The fourth-order valence-electron chi connectivity index (χ4n) is 2.76. The monoisotopic (exact) mass is 237 g/mol. The topological polar surface area (TPSA) is 37.4 Å². The third-order valence-electron chi connectivity index (χ3n) is 3.61. The minimum atomic E-state index is -2.73. The van der Waals surface area contributed by atoms with E-state index in [1.807, 2.05) is 18.2 Å². The minimum Gasteiger partial charge on any atom is -0.297 e. The van der Waals surface area contributed by atoms with Crippen molar-refractivity contribution in [1.82, 2.24) is 4.90 Å². The molecule has 0 aliphatic carbocycles. The van der Waals surface area contributed by atoms with Crippen LogP contribution in [0.1, 0.15) is 5.56 Å². The Balaban J connectivity index is 1.68. The van der Waals surface area contributed by atoms with Gasteiger partial charge in [0, 0.05) is 25.6 Å². The van der Waals surface area contributed by atoms with Crippen LogP contribution in [0.3, 0.4) is 0 Å². The predicted molar refractivity (Wildman–Crippen MR) is 62.8 cm³/mol. The molecule has 2 aliphatic rings. The van der Waals surface area contributed by atoms with Gasteiger partial charge < -0.3 is 0 Å². The van der Waals surface area contributed by atoms with Gasteiger partial charge in [-0.2, -0.15) is 0 Å². The summed E-state index contributed by atoms with van der Waals surface area (Å²) in [6.45, 7) is 2.55. The maximum atomic E-state index is 11.5. The van der Waals surface area contributed by atoms with Crippen LogP contribution >= 0.6 is 0 Å². The Morgan fingerprint density at radius 1 is 1.19 bits per heavy atom. The molecular formula is C12H15NO2S. The summed E-state index contributed by atoms with van der Waals surface area (Å²) in [5, 5.41) is -0.0730. The SMILES string of the molecule is O=S1(=O)CC2CN(Cc3ccccc3)CC21. The molecule has 2 saturated heterocycles. The van der Waals surface area contributed by atoms with Crippen molar-refractivity contribution >= 4 is 9.84 Å². The molecule has 2 fully saturated rings. The summed E-state index contributed by atoms with van der Waals surface area (Å²) in [4.78, 5) is 2.26. The highest BCUT2D eigenvalue weighted by molar-refractivity contribution is 7.93. The largest absolute Gasteiger partial charge is 0.297 e. The van der Waals surface area contributed by atoms with E-state index < -0.39 is 9.84 Å². The molecule has 0 aromatic heterocycles. The second-order valence-corrected chi connectivity index (χ2v) is 7.07. The normalized spacial score (nSPS) is 32.0. The first-order valence-corrected chi connectivity index (χ1v) is 7.34. The molecule has 1 aromatic rings. The quantitative estimate of drug-likeness (QED) is 0.767. The van der Waals surface area contributed by atoms with Crippen LogP contribution in [0.25, 0.3) is 0 Å².